The molecular formula is C10H10O5. The lowest BCUT2D eigenvalue weighted by Gasteiger charge is -2.10. The van der Waals surface area contributed by atoms with Gasteiger partial charge < -0.3 is 19.7 Å². The molecule has 0 amide bonds. The Balaban J connectivity index is 2.67. The van der Waals surface area contributed by atoms with Crippen LogP contribution < -0.4 is 9.47 Å². The highest BCUT2D eigenvalue weighted by atomic mass is 16.5. The average molecular weight is 210 g/mol. The van der Waals surface area contributed by atoms with Crippen molar-refractivity contribution in [2.45, 2.75) is 6.42 Å². The van der Waals surface area contributed by atoms with Crippen LogP contribution in [0, 0.1) is 0 Å². The lowest BCUT2D eigenvalue weighted by atomic mass is 10.1. The number of aromatic hydroxyl groups is 1. The molecule has 80 valence electrons. The molecule has 0 saturated carbocycles. The Labute approximate surface area is 85.9 Å². The minimum Gasteiger partial charge on any atom is -0.504 e. The molecule has 1 aromatic carbocycles. The van der Waals surface area contributed by atoms with Gasteiger partial charge in [-0.2, -0.15) is 0 Å². The molecule has 0 aromatic heterocycles. The maximum Gasteiger partial charge on any atom is 0.339 e. The van der Waals surface area contributed by atoms with Crippen LogP contribution in [0.4, 0.5) is 0 Å². The maximum absolute atomic E-state index is 10.8. The zero-order valence-corrected chi connectivity index (χ0v) is 8.11. The van der Waals surface area contributed by atoms with Gasteiger partial charge in [0.05, 0.1) is 13.7 Å². The molecule has 2 rings (SSSR count). The molecule has 1 aromatic rings. The summed E-state index contributed by atoms with van der Waals surface area (Å²) >= 11 is 0. The lowest BCUT2D eigenvalue weighted by molar-refractivity contribution is 0.0693. The number of hydrogen-bond donors (Lipinski definition) is 2. The molecule has 1 aliphatic rings. The molecule has 0 saturated heterocycles. The quantitative estimate of drug-likeness (QED) is 0.762. The fourth-order valence-electron chi connectivity index (χ4n) is 1.64. The number of fused-ring (bicyclic) bond motifs is 1. The summed E-state index contributed by atoms with van der Waals surface area (Å²) in [7, 11) is 1.36. The Morgan fingerprint density at radius 3 is 2.93 bits per heavy atom. The number of carbonyl (C=O) groups is 1. The van der Waals surface area contributed by atoms with E-state index >= 15 is 0 Å². The average Bonchev–Trinajstić information content (AvgIpc) is 2.64. The van der Waals surface area contributed by atoms with Crippen LogP contribution in [0.15, 0.2) is 6.07 Å². The molecule has 15 heavy (non-hydrogen) atoms. The molecule has 0 radical (unpaired) electrons. The summed E-state index contributed by atoms with van der Waals surface area (Å²) < 4.78 is 10.2. The van der Waals surface area contributed by atoms with Gasteiger partial charge in [-0.3, -0.25) is 0 Å². The summed E-state index contributed by atoms with van der Waals surface area (Å²) in [5.74, 6) is -1.02. The third-order valence-electron chi connectivity index (χ3n) is 2.34. The fourth-order valence-corrected chi connectivity index (χ4v) is 1.64. The van der Waals surface area contributed by atoms with Crippen molar-refractivity contribution in [2.24, 2.45) is 0 Å². The standard InChI is InChI=1S/C10H10O5/c1-14-9-7(11)6(10(12)13)4-5-2-3-15-8(5)9/h4,11H,2-3H2,1H3,(H,12,13). The fraction of sp³-hybridized carbons (Fsp3) is 0.300. The van der Waals surface area contributed by atoms with Crippen molar-refractivity contribution in [3.63, 3.8) is 0 Å². The van der Waals surface area contributed by atoms with Gasteiger partial charge in [-0.25, -0.2) is 4.79 Å². The van der Waals surface area contributed by atoms with Crippen LogP contribution in [0.25, 0.3) is 0 Å². The van der Waals surface area contributed by atoms with E-state index in [0.29, 0.717) is 18.8 Å². The van der Waals surface area contributed by atoms with Gasteiger partial charge in [-0.1, -0.05) is 0 Å². The van der Waals surface area contributed by atoms with E-state index in [-0.39, 0.29) is 17.1 Å². The van der Waals surface area contributed by atoms with E-state index in [4.69, 9.17) is 14.6 Å². The predicted octanol–water partition coefficient (Wildman–Crippen LogP) is 1.03. The van der Waals surface area contributed by atoms with Gasteiger partial charge >= 0.3 is 5.97 Å². The normalized spacial score (nSPS) is 13.1. The zero-order valence-electron chi connectivity index (χ0n) is 8.11. The van der Waals surface area contributed by atoms with Crippen LogP contribution in [-0.4, -0.2) is 29.9 Å². The summed E-state index contributed by atoms with van der Waals surface area (Å²) in [5.41, 5.74) is 0.596. The monoisotopic (exact) mass is 210 g/mol. The SMILES string of the molecule is COc1c(O)c(C(=O)O)cc2c1OCC2. The molecule has 5 heteroatoms. The van der Waals surface area contributed by atoms with E-state index in [1.165, 1.54) is 13.2 Å². The molecule has 1 aliphatic heterocycles. The number of phenols is 1. The zero-order chi connectivity index (χ0) is 11.0. The third kappa shape index (κ3) is 1.36. The molecule has 1 heterocycles. The van der Waals surface area contributed by atoms with Crippen LogP contribution in [0.2, 0.25) is 0 Å². The van der Waals surface area contributed by atoms with E-state index < -0.39 is 5.97 Å². The summed E-state index contributed by atoms with van der Waals surface area (Å²) in [6, 6.07) is 1.42. The summed E-state index contributed by atoms with van der Waals surface area (Å²) in [5, 5.41) is 18.5. The number of carboxylic acids is 1. The summed E-state index contributed by atoms with van der Waals surface area (Å²) in [6.07, 6.45) is 0.631. The van der Waals surface area contributed by atoms with Gasteiger partial charge in [-0.15, -0.1) is 0 Å². The van der Waals surface area contributed by atoms with Crippen LogP contribution in [0.3, 0.4) is 0 Å². The minimum absolute atomic E-state index is 0.0994. The highest BCUT2D eigenvalue weighted by Gasteiger charge is 2.26. The minimum atomic E-state index is -1.18. The number of carboxylic acid groups (broad SMARTS) is 1. The summed E-state index contributed by atoms with van der Waals surface area (Å²) in [6.45, 7) is 0.480. The van der Waals surface area contributed by atoms with Crippen LogP contribution in [-0.2, 0) is 6.42 Å². The molecule has 0 spiro atoms. The van der Waals surface area contributed by atoms with Crippen LogP contribution in [0.5, 0.6) is 17.2 Å². The molecule has 2 N–H and O–H groups in total. The van der Waals surface area contributed by atoms with E-state index in [1.807, 2.05) is 0 Å². The molecule has 0 aliphatic carbocycles. The number of benzene rings is 1. The van der Waals surface area contributed by atoms with Crippen molar-refractivity contribution in [1.29, 1.82) is 0 Å². The van der Waals surface area contributed by atoms with Crippen molar-refractivity contribution in [1.82, 2.24) is 0 Å². The van der Waals surface area contributed by atoms with Crippen molar-refractivity contribution >= 4 is 5.97 Å². The first-order chi connectivity index (χ1) is 7.15. The Morgan fingerprint density at radius 2 is 2.33 bits per heavy atom. The maximum atomic E-state index is 10.8. The van der Waals surface area contributed by atoms with Gasteiger partial charge in [0.1, 0.15) is 5.56 Å². The highest BCUT2D eigenvalue weighted by Crippen LogP contribution is 2.44. The molecule has 0 fully saturated rings. The lowest BCUT2D eigenvalue weighted by Crippen LogP contribution is -2.00. The van der Waals surface area contributed by atoms with E-state index in [2.05, 4.69) is 0 Å². The third-order valence-corrected chi connectivity index (χ3v) is 2.34. The smallest absolute Gasteiger partial charge is 0.339 e. The van der Waals surface area contributed by atoms with Gasteiger partial charge in [0.15, 0.2) is 11.5 Å². The van der Waals surface area contributed by atoms with Crippen molar-refractivity contribution in [3.05, 3.63) is 17.2 Å². The molecule has 0 atom stereocenters. The predicted molar refractivity (Wildman–Crippen MR) is 50.8 cm³/mol. The largest absolute Gasteiger partial charge is 0.504 e. The Bertz CT molecular complexity index is 424. The van der Waals surface area contributed by atoms with E-state index in [1.54, 1.807) is 0 Å². The Kier molecular flexibility index (Phi) is 2.15. The highest BCUT2D eigenvalue weighted by molar-refractivity contribution is 5.93. The number of ether oxygens (including phenoxy) is 2. The Morgan fingerprint density at radius 1 is 1.60 bits per heavy atom. The molecule has 0 bridgehead atoms. The van der Waals surface area contributed by atoms with Crippen molar-refractivity contribution < 1.29 is 24.5 Å². The molecule has 0 unspecified atom stereocenters. The number of hydrogen-bond acceptors (Lipinski definition) is 4. The topological polar surface area (TPSA) is 76.0 Å². The first-order valence-electron chi connectivity index (χ1n) is 4.44. The number of aromatic carboxylic acids is 1. The second-order valence-corrected chi connectivity index (χ2v) is 3.20. The van der Waals surface area contributed by atoms with Gasteiger partial charge in [0, 0.05) is 12.0 Å². The molecule has 5 nitrogen and oxygen atoms in total. The van der Waals surface area contributed by atoms with Gasteiger partial charge in [-0.05, 0) is 6.07 Å². The molecular weight excluding hydrogens is 200 g/mol. The van der Waals surface area contributed by atoms with E-state index in [0.717, 1.165) is 5.56 Å². The second kappa shape index (κ2) is 3.34. The van der Waals surface area contributed by atoms with Crippen LogP contribution >= 0.6 is 0 Å². The second-order valence-electron chi connectivity index (χ2n) is 3.20. The summed E-state index contributed by atoms with van der Waals surface area (Å²) in [4.78, 5) is 10.8. The first kappa shape index (κ1) is 9.64. The first-order valence-corrected chi connectivity index (χ1v) is 4.44. The number of methoxy groups -OCH3 is 1. The number of rotatable bonds is 2. The van der Waals surface area contributed by atoms with Crippen molar-refractivity contribution in [3.8, 4) is 17.2 Å². The van der Waals surface area contributed by atoms with E-state index in [9.17, 15) is 9.90 Å². The van der Waals surface area contributed by atoms with Crippen molar-refractivity contribution in [2.75, 3.05) is 13.7 Å². The van der Waals surface area contributed by atoms with Gasteiger partial charge in [0.25, 0.3) is 0 Å². The van der Waals surface area contributed by atoms with Crippen LogP contribution in [0.1, 0.15) is 15.9 Å². The Hall–Kier alpha value is -1.91. The van der Waals surface area contributed by atoms with Gasteiger partial charge in [0.2, 0.25) is 5.75 Å².